The standard InChI is InChI=1S/C15H20F3N3/c1-2-12(19)14(13-5-3-4-8-20-13)21-9-6-11(7-10-21)15(16,17)18/h3-6,8,12,14H,2,7,9-10,19H2,1H3. The van der Waals surface area contributed by atoms with Gasteiger partial charge in [-0.2, -0.15) is 13.2 Å². The van der Waals surface area contributed by atoms with Gasteiger partial charge >= 0.3 is 6.18 Å². The van der Waals surface area contributed by atoms with Gasteiger partial charge in [0.05, 0.1) is 11.7 Å². The second-order valence-electron chi connectivity index (χ2n) is 5.24. The average Bonchev–Trinajstić information content (AvgIpc) is 2.48. The van der Waals surface area contributed by atoms with Crippen molar-refractivity contribution in [3.8, 4) is 0 Å². The van der Waals surface area contributed by atoms with E-state index >= 15 is 0 Å². The molecule has 0 spiro atoms. The second-order valence-corrected chi connectivity index (χ2v) is 5.24. The summed E-state index contributed by atoms with van der Waals surface area (Å²) >= 11 is 0. The van der Waals surface area contributed by atoms with Crippen LogP contribution in [0.3, 0.4) is 0 Å². The Hall–Kier alpha value is -1.40. The van der Waals surface area contributed by atoms with Crippen LogP contribution in [0.2, 0.25) is 0 Å². The molecule has 0 saturated heterocycles. The normalized spacial score (nSPS) is 20.0. The molecule has 3 nitrogen and oxygen atoms in total. The zero-order chi connectivity index (χ0) is 15.5. The Kier molecular flexibility index (Phi) is 5.00. The molecule has 1 aromatic rings. The van der Waals surface area contributed by atoms with Crippen LogP contribution in [0.5, 0.6) is 0 Å². The van der Waals surface area contributed by atoms with Crippen molar-refractivity contribution in [2.75, 3.05) is 13.1 Å². The minimum absolute atomic E-state index is 0.00324. The fourth-order valence-corrected chi connectivity index (χ4v) is 2.65. The fraction of sp³-hybridized carbons (Fsp3) is 0.533. The lowest BCUT2D eigenvalue weighted by atomic mass is 9.97. The molecule has 0 fully saturated rings. The number of hydrogen-bond donors (Lipinski definition) is 1. The summed E-state index contributed by atoms with van der Waals surface area (Å²) in [6, 6.07) is 5.26. The van der Waals surface area contributed by atoms with Gasteiger partial charge in [0.1, 0.15) is 0 Å². The van der Waals surface area contributed by atoms with Crippen molar-refractivity contribution in [1.82, 2.24) is 9.88 Å². The lowest BCUT2D eigenvalue weighted by Gasteiger charge is -2.37. The molecule has 0 radical (unpaired) electrons. The smallest absolute Gasteiger partial charge is 0.326 e. The first-order valence-electron chi connectivity index (χ1n) is 7.10. The van der Waals surface area contributed by atoms with E-state index in [9.17, 15) is 13.2 Å². The van der Waals surface area contributed by atoms with Gasteiger partial charge in [0.15, 0.2) is 0 Å². The topological polar surface area (TPSA) is 42.1 Å². The Morgan fingerprint density at radius 3 is 2.62 bits per heavy atom. The summed E-state index contributed by atoms with van der Waals surface area (Å²) in [6.07, 6.45) is -0.524. The van der Waals surface area contributed by atoms with Crippen molar-refractivity contribution in [3.63, 3.8) is 0 Å². The van der Waals surface area contributed by atoms with E-state index in [0.717, 1.165) is 12.1 Å². The molecule has 6 heteroatoms. The maximum absolute atomic E-state index is 12.7. The number of halogens is 3. The number of nitrogens with zero attached hydrogens (tertiary/aromatic N) is 2. The molecule has 2 atom stereocenters. The highest BCUT2D eigenvalue weighted by molar-refractivity contribution is 5.17. The number of rotatable bonds is 4. The maximum Gasteiger partial charge on any atom is 0.412 e. The van der Waals surface area contributed by atoms with E-state index in [1.54, 1.807) is 6.20 Å². The molecule has 2 unspecified atom stereocenters. The number of aromatic nitrogens is 1. The van der Waals surface area contributed by atoms with Crippen LogP contribution in [-0.4, -0.2) is 35.2 Å². The van der Waals surface area contributed by atoms with Crippen LogP contribution < -0.4 is 5.73 Å². The van der Waals surface area contributed by atoms with Crippen LogP contribution in [0, 0.1) is 0 Å². The molecule has 0 aromatic carbocycles. The minimum Gasteiger partial charge on any atom is -0.326 e. The van der Waals surface area contributed by atoms with Crippen molar-refractivity contribution < 1.29 is 13.2 Å². The van der Waals surface area contributed by atoms with Crippen LogP contribution in [-0.2, 0) is 0 Å². The zero-order valence-corrected chi connectivity index (χ0v) is 12.0. The first kappa shape index (κ1) is 16.0. The van der Waals surface area contributed by atoms with Crippen LogP contribution in [0.4, 0.5) is 13.2 Å². The first-order chi connectivity index (χ1) is 9.93. The lowest BCUT2D eigenvalue weighted by molar-refractivity contribution is -0.0965. The van der Waals surface area contributed by atoms with Crippen molar-refractivity contribution in [2.45, 2.75) is 38.0 Å². The summed E-state index contributed by atoms with van der Waals surface area (Å²) in [6.45, 7) is 2.58. The summed E-state index contributed by atoms with van der Waals surface area (Å²) in [5.41, 5.74) is 6.55. The fourth-order valence-electron chi connectivity index (χ4n) is 2.65. The van der Waals surface area contributed by atoms with Gasteiger partial charge < -0.3 is 5.73 Å². The molecule has 2 N–H and O–H groups in total. The zero-order valence-electron chi connectivity index (χ0n) is 12.0. The van der Waals surface area contributed by atoms with Crippen molar-refractivity contribution in [1.29, 1.82) is 0 Å². The Bertz CT molecular complexity index is 485. The van der Waals surface area contributed by atoms with E-state index in [-0.39, 0.29) is 25.0 Å². The molecule has 0 amide bonds. The average molecular weight is 299 g/mol. The van der Waals surface area contributed by atoms with Gasteiger partial charge in [0.25, 0.3) is 0 Å². The molecule has 0 bridgehead atoms. The SMILES string of the molecule is CCC(N)C(c1ccccn1)N1CC=C(C(F)(F)F)CC1. The molecule has 0 saturated carbocycles. The molecule has 21 heavy (non-hydrogen) atoms. The van der Waals surface area contributed by atoms with Gasteiger partial charge in [-0.15, -0.1) is 0 Å². The van der Waals surface area contributed by atoms with Gasteiger partial charge in [0, 0.05) is 30.9 Å². The third kappa shape index (κ3) is 3.83. The number of alkyl halides is 3. The number of pyridine rings is 1. The van der Waals surface area contributed by atoms with E-state index in [2.05, 4.69) is 4.98 Å². The van der Waals surface area contributed by atoms with E-state index in [1.165, 1.54) is 6.08 Å². The summed E-state index contributed by atoms with van der Waals surface area (Å²) in [7, 11) is 0. The van der Waals surface area contributed by atoms with E-state index in [1.807, 2.05) is 30.0 Å². The molecule has 116 valence electrons. The predicted octanol–water partition coefficient (Wildman–Crippen LogP) is 3.05. The van der Waals surface area contributed by atoms with E-state index in [4.69, 9.17) is 5.73 Å². The van der Waals surface area contributed by atoms with Gasteiger partial charge in [0.2, 0.25) is 0 Å². The van der Waals surface area contributed by atoms with Crippen molar-refractivity contribution >= 4 is 0 Å². The highest BCUT2D eigenvalue weighted by Crippen LogP contribution is 2.33. The highest BCUT2D eigenvalue weighted by atomic mass is 19.4. The molecule has 2 rings (SSSR count). The largest absolute Gasteiger partial charge is 0.412 e. The van der Waals surface area contributed by atoms with Crippen LogP contribution in [0.1, 0.15) is 31.5 Å². The number of nitrogens with two attached hydrogens (primary N) is 1. The summed E-state index contributed by atoms with van der Waals surface area (Å²) in [5, 5.41) is 0. The Morgan fingerprint density at radius 1 is 1.38 bits per heavy atom. The molecule has 2 heterocycles. The summed E-state index contributed by atoms with van der Waals surface area (Å²) in [4.78, 5) is 6.30. The predicted molar refractivity (Wildman–Crippen MR) is 75.6 cm³/mol. The molecule has 0 aliphatic carbocycles. The van der Waals surface area contributed by atoms with Gasteiger partial charge in [-0.25, -0.2) is 0 Å². The quantitative estimate of drug-likeness (QED) is 0.869. The van der Waals surface area contributed by atoms with Crippen LogP contribution in [0.25, 0.3) is 0 Å². The Balaban J connectivity index is 2.19. The van der Waals surface area contributed by atoms with E-state index in [0.29, 0.717) is 6.54 Å². The maximum atomic E-state index is 12.7. The minimum atomic E-state index is -4.22. The van der Waals surface area contributed by atoms with E-state index < -0.39 is 11.7 Å². The molecule has 1 aromatic heterocycles. The molecular formula is C15H20F3N3. The highest BCUT2D eigenvalue weighted by Gasteiger charge is 2.37. The molecule has 1 aliphatic rings. The van der Waals surface area contributed by atoms with Crippen LogP contribution in [0.15, 0.2) is 36.0 Å². The molecule has 1 aliphatic heterocycles. The van der Waals surface area contributed by atoms with Gasteiger partial charge in [-0.3, -0.25) is 9.88 Å². The third-order valence-electron chi connectivity index (χ3n) is 3.87. The summed E-state index contributed by atoms with van der Waals surface area (Å²) < 4.78 is 38.1. The monoisotopic (exact) mass is 299 g/mol. The van der Waals surface area contributed by atoms with Crippen LogP contribution >= 0.6 is 0 Å². The third-order valence-corrected chi connectivity index (χ3v) is 3.87. The lowest BCUT2D eigenvalue weighted by Crippen LogP contribution is -2.44. The van der Waals surface area contributed by atoms with Crippen molar-refractivity contribution in [2.24, 2.45) is 5.73 Å². The Labute approximate surface area is 122 Å². The van der Waals surface area contributed by atoms with Crippen molar-refractivity contribution in [3.05, 3.63) is 41.7 Å². The second kappa shape index (κ2) is 6.58. The van der Waals surface area contributed by atoms with Gasteiger partial charge in [-0.1, -0.05) is 19.1 Å². The molecular weight excluding hydrogens is 279 g/mol. The first-order valence-corrected chi connectivity index (χ1v) is 7.10. The number of hydrogen-bond acceptors (Lipinski definition) is 3. The van der Waals surface area contributed by atoms with Gasteiger partial charge in [-0.05, 0) is 25.0 Å². The Morgan fingerprint density at radius 2 is 2.14 bits per heavy atom. The summed E-state index contributed by atoms with van der Waals surface area (Å²) in [5.74, 6) is 0.